The summed E-state index contributed by atoms with van der Waals surface area (Å²) in [5.74, 6) is 11.1. The number of nitrogens with one attached hydrogen (secondary N) is 2. The highest BCUT2D eigenvalue weighted by Crippen LogP contribution is 2.18. The largest absolute Gasteiger partial charge is 0.377 e. The van der Waals surface area contributed by atoms with E-state index in [0.29, 0.717) is 23.3 Å². The molecule has 122 valence electrons. The third-order valence-corrected chi connectivity index (χ3v) is 3.19. The normalized spacial score (nSPS) is 11.4. The van der Waals surface area contributed by atoms with Crippen molar-refractivity contribution in [3.8, 4) is 23.7 Å². The van der Waals surface area contributed by atoms with Crippen LogP contribution in [0.25, 0.3) is 11.0 Å². The van der Waals surface area contributed by atoms with Gasteiger partial charge in [-0.3, -0.25) is 9.79 Å². The predicted molar refractivity (Wildman–Crippen MR) is 95.5 cm³/mol. The first kappa shape index (κ1) is 17.1. The Morgan fingerprint density at radius 3 is 3.12 bits per heavy atom. The van der Waals surface area contributed by atoms with E-state index in [1.165, 1.54) is 6.20 Å². The molecule has 1 atom stereocenters. The van der Waals surface area contributed by atoms with Gasteiger partial charge in [0.05, 0.1) is 24.0 Å². The van der Waals surface area contributed by atoms with Crippen LogP contribution in [0.5, 0.6) is 0 Å². The molecular weight excluding hydrogens is 302 g/mol. The minimum atomic E-state index is -0.561. The zero-order valence-corrected chi connectivity index (χ0v) is 13.7. The molecule has 24 heavy (non-hydrogen) atoms. The molecule has 2 heterocycles. The van der Waals surface area contributed by atoms with Crippen LogP contribution in [0.4, 0.5) is 0 Å². The molecule has 0 unspecified atom stereocenters. The summed E-state index contributed by atoms with van der Waals surface area (Å²) in [4.78, 5) is 22.9. The Hall–Kier alpha value is -3.25. The zero-order chi connectivity index (χ0) is 17.4. The number of H-pyrrole nitrogens is 1. The summed E-state index contributed by atoms with van der Waals surface area (Å²) in [6.07, 6.45) is 4.85. The topological polar surface area (TPSA) is 96.2 Å². The van der Waals surface area contributed by atoms with Crippen molar-refractivity contribution in [3.63, 3.8) is 0 Å². The molecule has 0 aliphatic heterocycles. The van der Waals surface area contributed by atoms with E-state index >= 15 is 0 Å². The fourth-order valence-corrected chi connectivity index (χ4v) is 1.99. The number of primary amides is 1. The molecule has 0 aliphatic carbocycles. The number of aliphatic imine (C=N–C) groups is 1. The standard InChI is InChI=1S/C18H19N5O/c1-3-20-12-21-10-13(2)6-4-5-7-14-15-8-9-22-18(15)23-11-16(14)17(19)24/h8-9,11-13H,3,10H2,1-2H3,(H2,19,24)(H,20,21)(H,22,23)/t13-/m0/s1. The molecule has 1 amide bonds. The first-order valence-corrected chi connectivity index (χ1v) is 7.62. The lowest BCUT2D eigenvalue weighted by Gasteiger charge is -2.00. The van der Waals surface area contributed by atoms with Gasteiger partial charge in [-0.15, -0.1) is 0 Å². The zero-order valence-electron chi connectivity index (χ0n) is 13.7. The predicted octanol–water partition coefficient (Wildman–Crippen LogP) is 1.29. The highest BCUT2D eigenvalue weighted by Gasteiger charge is 2.11. The quantitative estimate of drug-likeness (QED) is 0.440. The Bertz CT molecular complexity index is 873. The highest BCUT2D eigenvalue weighted by atomic mass is 16.1. The van der Waals surface area contributed by atoms with Crippen molar-refractivity contribution in [2.75, 3.05) is 13.1 Å². The van der Waals surface area contributed by atoms with E-state index in [2.05, 4.69) is 44.0 Å². The number of hydrogen-bond donors (Lipinski definition) is 3. The van der Waals surface area contributed by atoms with Gasteiger partial charge in [-0.2, -0.15) is 0 Å². The molecule has 0 bridgehead atoms. The van der Waals surface area contributed by atoms with E-state index in [4.69, 9.17) is 5.73 Å². The number of nitrogens with two attached hydrogens (primary N) is 1. The lowest BCUT2D eigenvalue weighted by molar-refractivity contribution is 0.1000. The van der Waals surface area contributed by atoms with E-state index in [9.17, 15) is 4.79 Å². The maximum Gasteiger partial charge on any atom is 0.251 e. The first-order chi connectivity index (χ1) is 11.6. The molecule has 2 aromatic heterocycles. The van der Waals surface area contributed by atoms with E-state index in [1.807, 2.05) is 19.9 Å². The molecule has 0 radical (unpaired) electrons. The van der Waals surface area contributed by atoms with Crippen LogP contribution in [0.2, 0.25) is 0 Å². The molecule has 0 fully saturated rings. The fraction of sp³-hybridized carbons (Fsp3) is 0.278. The third-order valence-electron chi connectivity index (χ3n) is 3.19. The van der Waals surface area contributed by atoms with Gasteiger partial charge in [0.15, 0.2) is 0 Å². The van der Waals surface area contributed by atoms with E-state index in [0.717, 1.165) is 11.9 Å². The van der Waals surface area contributed by atoms with Crippen LogP contribution < -0.4 is 11.1 Å². The maximum absolute atomic E-state index is 11.5. The second-order valence-corrected chi connectivity index (χ2v) is 5.12. The number of pyridine rings is 1. The average Bonchev–Trinajstić information content (AvgIpc) is 3.04. The molecule has 0 saturated carbocycles. The summed E-state index contributed by atoms with van der Waals surface area (Å²) >= 11 is 0. The lowest BCUT2D eigenvalue weighted by atomic mass is 10.1. The molecule has 6 nitrogen and oxygen atoms in total. The van der Waals surface area contributed by atoms with Gasteiger partial charge in [0, 0.05) is 30.2 Å². The first-order valence-electron chi connectivity index (χ1n) is 7.62. The van der Waals surface area contributed by atoms with Gasteiger partial charge in [0.2, 0.25) is 0 Å². The Balaban J connectivity index is 2.18. The van der Waals surface area contributed by atoms with Crippen LogP contribution in [0.3, 0.4) is 0 Å². The summed E-state index contributed by atoms with van der Waals surface area (Å²) in [5.41, 5.74) is 6.88. The Kier molecular flexibility index (Phi) is 5.99. The number of aromatic nitrogens is 2. The van der Waals surface area contributed by atoms with Crippen molar-refractivity contribution in [1.29, 1.82) is 0 Å². The number of carbonyl (C=O) groups is 1. The second kappa shape index (κ2) is 8.40. The maximum atomic E-state index is 11.5. The second-order valence-electron chi connectivity index (χ2n) is 5.12. The number of nitrogens with zero attached hydrogens (tertiary/aromatic N) is 2. The van der Waals surface area contributed by atoms with Gasteiger partial charge >= 0.3 is 0 Å². The van der Waals surface area contributed by atoms with Gasteiger partial charge < -0.3 is 16.0 Å². The number of carbonyl (C=O) groups excluding carboxylic acids is 1. The lowest BCUT2D eigenvalue weighted by Crippen LogP contribution is -2.13. The number of amides is 1. The summed E-state index contributed by atoms with van der Waals surface area (Å²) < 4.78 is 0. The molecule has 4 N–H and O–H groups in total. The number of hydrogen-bond acceptors (Lipinski definition) is 3. The minimum Gasteiger partial charge on any atom is -0.377 e. The molecule has 0 aliphatic rings. The van der Waals surface area contributed by atoms with Crippen molar-refractivity contribution >= 4 is 23.3 Å². The minimum absolute atomic E-state index is 0.0922. The Morgan fingerprint density at radius 2 is 2.38 bits per heavy atom. The van der Waals surface area contributed by atoms with Gasteiger partial charge in [-0.1, -0.05) is 11.8 Å². The monoisotopic (exact) mass is 321 g/mol. The van der Waals surface area contributed by atoms with Crippen molar-refractivity contribution in [2.24, 2.45) is 16.6 Å². The molecular formula is C18H19N5O. The van der Waals surface area contributed by atoms with Crippen molar-refractivity contribution in [3.05, 3.63) is 29.6 Å². The molecule has 0 aromatic carbocycles. The molecule has 0 spiro atoms. The number of rotatable bonds is 5. The summed E-state index contributed by atoms with van der Waals surface area (Å²) in [6.45, 7) is 5.43. The molecule has 2 aromatic rings. The van der Waals surface area contributed by atoms with Crippen molar-refractivity contribution < 1.29 is 4.79 Å². The third kappa shape index (κ3) is 4.37. The van der Waals surface area contributed by atoms with E-state index < -0.39 is 5.91 Å². The highest BCUT2D eigenvalue weighted by molar-refractivity contribution is 6.00. The van der Waals surface area contributed by atoms with Crippen LogP contribution >= 0.6 is 0 Å². The van der Waals surface area contributed by atoms with Crippen LogP contribution in [-0.4, -0.2) is 35.3 Å². The van der Waals surface area contributed by atoms with Crippen molar-refractivity contribution in [2.45, 2.75) is 13.8 Å². The van der Waals surface area contributed by atoms with Crippen LogP contribution in [0, 0.1) is 29.6 Å². The van der Waals surface area contributed by atoms with Crippen LogP contribution in [0.1, 0.15) is 29.8 Å². The number of aromatic amines is 1. The number of fused-ring (bicyclic) bond motifs is 1. The van der Waals surface area contributed by atoms with Gasteiger partial charge in [0.1, 0.15) is 5.65 Å². The summed E-state index contributed by atoms with van der Waals surface area (Å²) in [5, 5.41) is 3.76. The smallest absolute Gasteiger partial charge is 0.251 e. The fourth-order valence-electron chi connectivity index (χ4n) is 1.99. The summed E-state index contributed by atoms with van der Waals surface area (Å²) in [6, 6.07) is 1.81. The Labute approximate surface area is 141 Å². The van der Waals surface area contributed by atoms with E-state index in [1.54, 1.807) is 12.5 Å². The summed E-state index contributed by atoms with van der Waals surface area (Å²) in [7, 11) is 0. The van der Waals surface area contributed by atoms with Gasteiger partial charge in [-0.05, 0) is 31.8 Å². The van der Waals surface area contributed by atoms with Gasteiger partial charge in [0.25, 0.3) is 5.91 Å². The average molecular weight is 321 g/mol. The van der Waals surface area contributed by atoms with Crippen LogP contribution in [0.15, 0.2) is 23.5 Å². The van der Waals surface area contributed by atoms with Crippen LogP contribution in [-0.2, 0) is 0 Å². The molecule has 6 heteroatoms. The molecule has 2 rings (SSSR count). The Morgan fingerprint density at radius 1 is 1.54 bits per heavy atom. The SMILES string of the molecule is CCNC=NC[C@@H](C)C#CC#Cc1c(C(N)=O)cnc2[nH]ccc12. The molecule has 0 saturated heterocycles. The van der Waals surface area contributed by atoms with E-state index in [-0.39, 0.29) is 5.92 Å². The van der Waals surface area contributed by atoms with Crippen molar-refractivity contribution in [1.82, 2.24) is 15.3 Å². The van der Waals surface area contributed by atoms with Gasteiger partial charge in [-0.25, -0.2) is 4.98 Å².